The molecule has 0 aliphatic carbocycles. The van der Waals surface area contributed by atoms with Crippen molar-refractivity contribution in [1.29, 1.82) is 0 Å². The van der Waals surface area contributed by atoms with E-state index in [9.17, 15) is 23.1 Å². The van der Waals surface area contributed by atoms with Crippen molar-refractivity contribution >= 4 is 49.2 Å². The lowest BCUT2D eigenvalue weighted by Crippen LogP contribution is -2.23. The Hall–Kier alpha value is -3.17. The van der Waals surface area contributed by atoms with Crippen molar-refractivity contribution in [2.24, 2.45) is 0 Å². The number of anilines is 2. The first-order valence-electron chi connectivity index (χ1n) is 8.26. The minimum Gasteiger partial charge on any atom is -0.545 e. The first kappa shape index (κ1) is 20.6. The number of carbonyl (C=O) groups is 2. The molecular formula is C20H14BrN2O5S-. The second-order valence-electron chi connectivity index (χ2n) is 5.94. The summed E-state index contributed by atoms with van der Waals surface area (Å²) in [6.45, 7) is 0. The number of nitrogens with one attached hydrogen (secondary N) is 2. The van der Waals surface area contributed by atoms with Gasteiger partial charge in [0, 0.05) is 21.4 Å². The number of carbonyl (C=O) groups excluding carboxylic acids is 2. The Labute approximate surface area is 175 Å². The van der Waals surface area contributed by atoms with Crippen LogP contribution in [0.3, 0.4) is 0 Å². The van der Waals surface area contributed by atoms with Gasteiger partial charge >= 0.3 is 0 Å². The molecule has 29 heavy (non-hydrogen) atoms. The summed E-state index contributed by atoms with van der Waals surface area (Å²) >= 11 is 3.11. The van der Waals surface area contributed by atoms with Gasteiger partial charge in [0.2, 0.25) is 0 Å². The number of halogens is 1. The zero-order chi connectivity index (χ0) is 21.0. The van der Waals surface area contributed by atoms with Gasteiger partial charge in [0.1, 0.15) is 4.90 Å². The Morgan fingerprint density at radius 1 is 0.828 bits per heavy atom. The van der Waals surface area contributed by atoms with E-state index in [1.165, 1.54) is 24.3 Å². The van der Waals surface area contributed by atoms with Gasteiger partial charge in [-0.25, -0.2) is 8.42 Å². The summed E-state index contributed by atoms with van der Waals surface area (Å²) in [7, 11) is -4.05. The molecule has 0 aliphatic rings. The van der Waals surface area contributed by atoms with E-state index in [-0.39, 0.29) is 26.5 Å². The predicted molar refractivity (Wildman–Crippen MR) is 110 cm³/mol. The Kier molecular flexibility index (Phi) is 6.00. The van der Waals surface area contributed by atoms with E-state index in [4.69, 9.17) is 0 Å². The fourth-order valence-electron chi connectivity index (χ4n) is 2.46. The molecule has 0 aromatic heterocycles. The zero-order valence-corrected chi connectivity index (χ0v) is 17.2. The largest absolute Gasteiger partial charge is 0.545 e. The number of hydrogen-bond donors (Lipinski definition) is 2. The van der Waals surface area contributed by atoms with Crippen LogP contribution in [-0.2, 0) is 10.0 Å². The molecule has 3 aromatic carbocycles. The van der Waals surface area contributed by atoms with E-state index < -0.39 is 16.0 Å². The van der Waals surface area contributed by atoms with E-state index in [0.29, 0.717) is 11.3 Å². The number of aromatic carboxylic acids is 1. The summed E-state index contributed by atoms with van der Waals surface area (Å²) in [4.78, 5) is 22.9. The molecule has 148 valence electrons. The highest BCUT2D eigenvalue weighted by molar-refractivity contribution is 9.10. The van der Waals surface area contributed by atoms with E-state index in [1.54, 1.807) is 42.5 Å². The van der Waals surface area contributed by atoms with Gasteiger partial charge in [0.15, 0.2) is 0 Å². The Morgan fingerprint density at radius 3 is 2.07 bits per heavy atom. The third kappa shape index (κ3) is 5.01. The van der Waals surface area contributed by atoms with Crippen LogP contribution in [0.4, 0.5) is 11.4 Å². The lowest BCUT2D eigenvalue weighted by atomic mass is 10.2. The van der Waals surface area contributed by atoms with Crippen molar-refractivity contribution < 1.29 is 23.1 Å². The van der Waals surface area contributed by atoms with Gasteiger partial charge in [0.05, 0.1) is 5.97 Å². The lowest BCUT2D eigenvalue weighted by molar-refractivity contribution is -0.255. The first-order valence-corrected chi connectivity index (χ1v) is 10.5. The highest BCUT2D eigenvalue weighted by Gasteiger charge is 2.19. The molecule has 2 N–H and O–H groups in total. The number of benzene rings is 3. The molecule has 0 spiro atoms. The molecule has 0 atom stereocenters. The van der Waals surface area contributed by atoms with Crippen LogP contribution < -0.4 is 15.1 Å². The van der Waals surface area contributed by atoms with E-state index >= 15 is 0 Å². The molecule has 7 nitrogen and oxygen atoms in total. The topological polar surface area (TPSA) is 115 Å². The van der Waals surface area contributed by atoms with Crippen LogP contribution in [0.25, 0.3) is 0 Å². The van der Waals surface area contributed by atoms with Gasteiger partial charge in [-0.1, -0.05) is 24.3 Å². The van der Waals surface area contributed by atoms with Crippen LogP contribution in [0.2, 0.25) is 0 Å². The Bertz CT molecular complexity index is 1160. The van der Waals surface area contributed by atoms with Crippen LogP contribution >= 0.6 is 15.9 Å². The second kappa shape index (κ2) is 8.46. The Balaban J connectivity index is 1.76. The quantitative estimate of drug-likeness (QED) is 0.570. The average Bonchev–Trinajstić information content (AvgIpc) is 2.70. The molecule has 0 bridgehead atoms. The van der Waals surface area contributed by atoms with Gasteiger partial charge < -0.3 is 15.2 Å². The van der Waals surface area contributed by atoms with E-state index in [0.717, 1.165) is 6.07 Å². The molecule has 0 heterocycles. The summed E-state index contributed by atoms with van der Waals surface area (Å²) in [5.41, 5.74) is 0.970. The molecule has 0 aliphatic heterocycles. The predicted octanol–water partition coefficient (Wildman–Crippen LogP) is 2.87. The second-order valence-corrected chi connectivity index (χ2v) is 8.44. The summed E-state index contributed by atoms with van der Waals surface area (Å²) in [5, 5.41) is 13.7. The lowest BCUT2D eigenvalue weighted by Gasteiger charge is -2.12. The number of carboxylic acids is 1. The van der Waals surface area contributed by atoms with Crippen molar-refractivity contribution in [2.45, 2.75) is 4.90 Å². The first-order chi connectivity index (χ1) is 13.8. The summed E-state index contributed by atoms with van der Waals surface area (Å²) in [6, 6.07) is 18.3. The van der Waals surface area contributed by atoms with E-state index in [1.807, 2.05) is 0 Å². The van der Waals surface area contributed by atoms with Crippen LogP contribution in [0.1, 0.15) is 20.7 Å². The number of carboxylic acid groups (broad SMARTS) is 1. The summed E-state index contributed by atoms with van der Waals surface area (Å²) in [6.07, 6.45) is 0. The minimum absolute atomic E-state index is 0.210. The monoisotopic (exact) mass is 473 g/mol. The molecule has 0 saturated heterocycles. The van der Waals surface area contributed by atoms with Crippen LogP contribution in [0.5, 0.6) is 0 Å². The molecule has 1 amide bonds. The SMILES string of the molecule is O=C([O-])c1ccc(Br)c(S(=O)(=O)Nc2ccc(NC(=O)c3ccccc3)cc2)c1. The molecule has 0 unspecified atom stereocenters. The molecule has 0 saturated carbocycles. The maximum Gasteiger partial charge on any atom is 0.263 e. The maximum absolute atomic E-state index is 12.6. The smallest absolute Gasteiger partial charge is 0.263 e. The van der Waals surface area contributed by atoms with Crippen molar-refractivity contribution in [3.8, 4) is 0 Å². The summed E-state index contributed by atoms with van der Waals surface area (Å²) < 4.78 is 27.8. The van der Waals surface area contributed by atoms with Crippen LogP contribution in [-0.4, -0.2) is 20.3 Å². The fraction of sp³-hybridized carbons (Fsp3) is 0. The summed E-state index contributed by atoms with van der Waals surface area (Å²) in [5.74, 6) is -1.77. The van der Waals surface area contributed by atoms with Gasteiger partial charge in [-0.3, -0.25) is 9.52 Å². The number of rotatable bonds is 6. The zero-order valence-electron chi connectivity index (χ0n) is 14.8. The van der Waals surface area contributed by atoms with Crippen molar-refractivity contribution in [2.75, 3.05) is 10.0 Å². The van der Waals surface area contributed by atoms with Crippen molar-refractivity contribution in [1.82, 2.24) is 0 Å². The van der Waals surface area contributed by atoms with Crippen molar-refractivity contribution in [3.05, 3.63) is 88.4 Å². The minimum atomic E-state index is -4.05. The highest BCUT2D eigenvalue weighted by atomic mass is 79.9. The third-order valence-corrected chi connectivity index (χ3v) is 6.26. The van der Waals surface area contributed by atoms with Gasteiger partial charge in [-0.2, -0.15) is 0 Å². The molecule has 9 heteroatoms. The van der Waals surface area contributed by atoms with E-state index in [2.05, 4.69) is 26.0 Å². The number of amides is 1. The highest BCUT2D eigenvalue weighted by Crippen LogP contribution is 2.26. The maximum atomic E-state index is 12.6. The Morgan fingerprint density at radius 2 is 1.45 bits per heavy atom. The molecular weight excluding hydrogens is 460 g/mol. The third-order valence-electron chi connectivity index (χ3n) is 3.89. The van der Waals surface area contributed by atoms with Gasteiger partial charge in [-0.05, 0) is 70.0 Å². The molecule has 0 radical (unpaired) electrons. The molecule has 0 fully saturated rings. The van der Waals surface area contributed by atoms with Crippen LogP contribution in [0, 0.1) is 0 Å². The average molecular weight is 474 g/mol. The fourth-order valence-corrected chi connectivity index (χ4v) is 4.51. The number of sulfonamides is 1. The molecule has 3 rings (SSSR count). The number of hydrogen-bond acceptors (Lipinski definition) is 5. The standard InChI is InChI=1S/C20H15BrN2O5S/c21-17-11-6-14(20(25)26)12-18(17)29(27,28)23-16-9-7-15(8-10-16)22-19(24)13-4-2-1-3-5-13/h1-12,23H,(H,22,24)(H,25,26)/p-1. The normalized spacial score (nSPS) is 10.9. The van der Waals surface area contributed by atoms with Gasteiger partial charge in [0.25, 0.3) is 15.9 Å². The van der Waals surface area contributed by atoms with Crippen LogP contribution in [0.15, 0.2) is 82.2 Å². The van der Waals surface area contributed by atoms with Gasteiger partial charge in [-0.15, -0.1) is 0 Å². The van der Waals surface area contributed by atoms with Crippen molar-refractivity contribution in [3.63, 3.8) is 0 Å². The molecule has 3 aromatic rings.